The van der Waals surface area contributed by atoms with Gasteiger partial charge in [-0.3, -0.25) is 0 Å². The molecule has 0 N–H and O–H groups in total. The number of halogens is 1. The van der Waals surface area contributed by atoms with E-state index in [9.17, 15) is 4.79 Å². The Morgan fingerprint density at radius 1 is 1.29 bits per heavy atom. The van der Waals surface area contributed by atoms with E-state index in [4.69, 9.17) is 16.3 Å². The van der Waals surface area contributed by atoms with Gasteiger partial charge in [0.1, 0.15) is 0 Å². The number of carbonyl (C=O) groups excluding carboxylic acids is 1. The number of fused-ring (bicyclic) bond motifs is 2. The molecule has 2 aliphatic rings. The summed E-state index contributed by atoms with van der Waals surface area (Å²) in [5.74, 6) is 1.17. The smallest absolute Gasteiger partial charge is 0.409 e. The van der Waals surface area contributed by atoms with Gasteiger partial charge in [0.05, 0.1) is 7.11 Å². The highest BCUT2D eigenvalue weighted by molar-refractivity contribution is 6.20. The maximum Gasteiger partial charge on any atom is 0.409 e. The molecule has 2 rings (SSSR count). The zero-order chi connectivity index (χ0) is 10.1. The Morgan fingerprint density at radius 3 is 2.36 bits per heavy atom. The van der Waals surface area contributed by atoms with Gasteiger partial charge in [-0.2, -0.15) is 0 Å². The van der Waals surface area contributed by atoms with Crippen LogP contribution in [0, 0.1) is 11.8 Å². The van der Waals surface area contributed by atoms with Gasteiger partial charge in [0.15, 0.2) is 0 Å². The number of amides is 1. The first-order valence-electron chi connectivity index (χ1n) is 5.16. The maximum atomic E-state index is 11.4. The first-order valence-corrected chi connectivity index (χ1v) is 5.59. The van der Waals surface area contributed by atoms with Gasteiger partial charge >= 0.3 is 6.09 Å². The van der Waals surface area contributed by atoms with Gasteiger partial charge in [0, 0.05) is 18.5 Å². The molecule has 0 aromatic rings. The standard InChI is InChI=1S/C10H16ClNO2/c1-14-10(13)12-5-7-2-8(6-12)4-9(11)3-7/h7-9H,2-6H2,1H3/t7-,8+,9?. The average molecular weight is 218 g/mol. The van der Waals surface area contributed by atoms with Crippen molar-refractivity contribution in [2.45, 2.75) is 24.6 Å². The Bertz CT molecular complexity index is 216. The van der Waals surface area contributed by atoms with E-state index >= 15 is 0 Å². The number of alkyl halides is 1. The number of methoxy groups -OCH3 is 1. The molecule has 2 bridgehead atoms. The van der Waals surface area contributed by atoms with Crippen LogP contribution in [0.25, 0.3) is 0 Å². The molecule has 1 aliphatic heterocycles. The predicted molar refractivity (Wildman–Crippen MR) is 54.5 cm³/mol. The van der Waals surface area contributed by atoms with Crippen LogP contribution in [-0.2, 0) is 4.74 Å². The summed E-state index contributed by atoms with van der Waals surface area (Å²) in [5.41, 5.74) is 0. The fourth-order valence-electron chi connectivity index (χ4n) is 2.76. The number of ether oxygens (including phenoxy) is 1. The van der Waals surface area contributed by atoms with Crippen molar-refractivity contribution in [1.29, 1.82) is 0 Å². The van der Waals surface area contributed by atoms with E-state index in [1.807, 2.05) is 4.90 Å². The molecule has 0 radical (unpaired) electrons. The van der Waals surface area contributed by atoms with Gasteiger partial charge in [0.2, 0.25) is 0 Å². The molecule has 1 unspecified atom stereocenters. The van der Waals surface area contributed by atoms with Crippen molar-refractivity contribution in [3.8, 4) is 0 Å². The van der Waals surface area contributed by atoms with E-state index in [1.54, 1.807) is 0 Å². The second kappa shape index (κ2) is 3.97. The summed E-state index contributed by atoms with van der Waals surface area (Å²) in [6, 6.07) is 0. The molecule has 0 spiro atoms. The highest BCUT2D eigenvalue weighted by Crippen LogP contribution is 2.36. The van der Waals surface area contributed by atoms with Crippen molar-refractivity contribution in [1.82, 2.24) is 4.90 Å². The Hall–Kier alpha value is -0.440. The first kappa shape index (κ1) is 10.1. The zero-order valence-corrected chi connectivity index (χ0v) is 9.17. The van der Waals surface area contributed by atoms with Crippen molar-refractivity contribution in [2.75, 3.05) is 20.2 Å². The van der Waals surface area contributed by atoms with Gasteiger partial charge in [-0.25, -0.2) is 4.79 Å². The van der Waals surface area contributed by atoms with E-state index in [0.717, 1.165) is 25.9 Å². The van der Waals surface area contributed by atoms with Gasteiger partial charge in [-0.1, -0.05) is 0 Å². The predicted octanol–water partition coefficient (Wildman–Crippen LogP) is 2.09. The molecule has 4 heteroatoms. The summed E-state index contributed by atoms with van der Waals surface area (Å²) in [7, 11) is 1.44. The second-order valence-corrected chi connectivity index (χ2v) is 5.03. The highest BCUT2D eigenvalue weighted by atomic mass is 35.5. The minimum absolute atomic E-state index is 0.187. The second-order valence-electron chi connectivity index (χ2n) is 4.41. The van der Waals surface area contributed by atoms with Gasteiger partial charge < -0.3 is 9.64 Å². The Balaban J connectivity index is 1.98. The third kappa shape index (κ3) is 1.97. The molecule has 0 aromatic carbocycles. The average Bonchev–Trinajstić information content (AvgIpc) is 2.14. The van der Waals surface area contributed by atoms with Crippen molar-refractivity contribution in [2.24, 2.45) is 11.8 Å². The molecule has 3 atom stereocenters. The molecular formula is C10H16ClNO2. The summed E-state index contributed by atoms with van der Waals surface area (Å²) in [4.78, 5) is 13.2. The molecule has 1 amide bonds. The molecule has 2 fully saturated rings. The normalized spacial score (nSPS) is 36.7. The molecule has 1 saturated carbocycles. The van der Waals surface area contributed by atoms with Crippen molar-refractivity contribution >= 4 is 17.7 Å². The van der Waals surface area contributed by atoms with Crippen molar-refractivity contribution in [3.63, 3.8) is 0 Å². The summed E-state index contributed by atoms with van der Waals surface area (Å²) >= 11 is 6.15. The van der Waals surface area contributed by atoms with Crippen LogP contribution in [-0.4, -0.2) is 36.6 Å². The topological polar surface area (TPSA) is 29.5 Å². The summed E-state index contributed by atoms with van der Waals surface area (Å²) < 4.78 is 4.74. The zero-order valence-electron chi connectivity index (χ0n) is 8.41. The van der Waals surface area contributed by atoms with E-state index in [1.165, 1.54) is 13.5 Å². The molecule has 80 valence electrons. The van der Waals surface area contributed by atoms with Crippen molar-refractivity contribution < 1.29 is 9.53 Å². The van der Waals surface area contributed by atoms with Crippen LogP contribution in [0.1, 0.15) is 19.3 Å². The number of carbonyl (C=O) groups is 1. The maximum absolute atomic E-state index is 11.4. The van der Waals surface area contributed by atoms with Crippen LogP contribution in [0.3, 0.4) is 0 Å². The summed E-state index contributed by atoms with van der Waals surface area (Å²) in [6.07, 6.45) is 3.14. The molecule has 14 heavy (non-hydrogen) atoms. The molecule has 1 saturated heterocycles. The quantitative estimate of drug-likeness (QED) is 0.582. The van der Waals surface area contributed by atoms with Crippen LogP contribution in [0.2, 0.25) is 0 Å². The van der Waals surface area contributed by atoms with E-state index < -0.39 is 0 Å². The molecular weight excluding hydrogens is 202 g/mol. The molecule has 3 nitrogen and oxygen atoms in total. The van der Waals surface area contributed by atoms with Crippen LogP contribution in [0.5, 0.6) is 0 Å². The van der Waals surface area contributed by atoms with E-state index in [2.05, 4.69) is 0 Å². The largest absolute Gasteiger partial charge is 0.453 e. The van der Waals surface area contributed by atoms with Gasteiger partial charge in [-0.15, -0.1) is 11.6 Å². The van der Waals surface area contributed by atoms with E-state index in [-0.39, 0.29) is 6.09 Å². The number of piperidine rings is 1. The lowest BCUT2D eigenvalue weighted by Gasteiger charge is -2.42. The lowest BCUT2D eigenvalue weighted by atomic mass is 9.78. The SMILES string of the molecule is COC(=O)N1C[C@@H]2CC(Cl)C[C@@H](C2)C1. The molecule has 1 aliphatic carbocycles. The Labute approximate surface area is 89.4 Å². The number of rotatable bonds is 0. The summed E-state index contributed by atoms with van der Waals surface area (Å²) in [5, 5.41) is 0.318. The fraction of sp³-hybridized carbons (Fsp3) is 0.900. The minimum atomic E-state index is -0.187. The van der Waals surface area contributed by atoms with E-state index in [0.29, 0.717) is 17.2 Å². The van der Waals surface area contributed by atoms with Crippen molar-refractivity contribution in [3.05, 3.63) is 0 Å². The third-order valence-electron chi connectivity index (χ3n) is 3.23. The third-order valence-corrected chi connectivity index (χ3v) is 3.59. The van der Waals surface area contributed by atoms with Crippen LogP contribution < -0.4 is 0 Å². The Kier molecular flexibility index (Phi) is 2.86. The monoisotopic (exact) mass is 217 g/mol. The highest BCUT2D eigenvalue weighted by Gasteiger charge is 2.36. The number of nitrogens with zero attached hydrogens (tertiary/aromatic N) is 1. The molecule has 1 heterocycles. The number of hydrogen-bond acceptors (Lipinski definition) is 2. The van der Waals surface area contributed by atoms with Gasteiger partial charge in [-0.05, 0) is 31.1 Å². The van der Waals surface area contributed by atoms with Crippen LogP contribution in [0.4, 0.5) is 4.79 Å². The number of likely N-dealkylation sites (tertiary alicyclic amines) is 1. The first-order chi connectivity index (χ1) is 6.69. The minimum Gasteiger partial charge on any atom is -0.453 e. The lowest BCUT2D eigenvalue weighted by Crippen LogP contribution is -2.47. The van der Waals surface area contributed by atoms with Crippen LogP contribution >= 0.6 is 11.6 Å². The molecule has 0 aromatic heterocycles. The Morgan fingerprint density at radius 2 is 1.86 bits per heavy atom. The lowest BCUT2D eigenvalue weighted by molar-refractivity contribution is 0.0662. The summed E-state index contributed by atoms with van der Waals surface area (Å²) in [6.45, 7) is 1.65. The van der Waals surface area contributed by atoms with Crippen LogP contribution in [0.15, 0.2) is 0 Å². The van der Waals surface area contributed by atoms with Gasteiger partial charge in [0.25, 0.3) is 0 Å². The number of hydrogen-bond donors (Lipinski definition) is 0. The fourth-order valence-corrected chi connectivity index (χ4v) is 3.26.